The quantitative estimate of drug-likeness (QED) is 0.719. The molecule has 0 heterocycles. The van der Waals surface area contributed by atoms with Crippen LogP contribution in [-0.2, 0) is 4.79 Å². The molecule has 2 N–H and O–H groups in total. The van der Waals surface area contributed by atoms with Crippen LogP contribution in [0.3, 0.4) is 0 Å². The summed E-state index contributed by atoms with van der Waals surface area (Å²) in [4.78, 5) is 24.3. The highest BCUT2D eigenvalue weighted by atomic mass is 16.5. The second kappa shape index (κ2) is 9.33. The number of ether oxygens (including phenoxy) is 4. The highest BCUT2D eigenvalue weighted by molar-refractivity contribution is 5.99. The summed E-state index contributed by atoms with van der Waals surface area (Å²) in [5.41, 5.74) is 5.80. The van der Waals surface area contributed by atoms with Crippen molar-refractivity contribution >= 4 is 11.8 Å². The van der Waals surface area contributed by atoms with Crippen LogP contribution < -0.4 is 29.8 Å². The van der Waals surface area contributed by atoms with E-state index in [0.717, 1.165) is 5.56 Å². The minimum Gasteiger partial charge on any atom is -0.493 e. The Kier molecular flexibility index (Phi) is 6.87. The van der Waals surface area contributed by atoms with Crippen LogP contribution in [0.25, 0.3) is 0 Å². The third kappa shape index (κ3) is 5.04. The largest absolute Gasteiger partial charge is 0.493 e. The van der Waals surface area contributed by atoms with Crippen LogP contribution in [0.5, 0.6) is 23.0 Å². The molecule has 0 unspecified atom stereocenters. The highest BCUT2D eigenvalue weighted by Crippen LogP contribution is 2.39. The minimum absolute atomic E-state index is 0.176. The second-order valence-electron chi connectivity index (χ2n) is 5.49. The normalized spacial score (nSPS) is 9.93. The summed E-state index contributed by atoms with van der Waals surface area (Å²) in [6, 6.07) is 10.4. The SMILES string of the molecule is COc1ccc(C(=O)NNC(=O)COc2cccc(C)c2)c(OC)c1OC. The van der Waals surface area contributed by atoms with Crippen molar-refractivity contribution in [2.75, 3.05) is 27.9 Å². The van der Waals surface area contributed by atoms with Crippen molar-refractivity contribution in [2.45, 2.75) is 6.92 Å². The zero-order valence-electron chi connectivity index (χ0n) is 15.6. The lowest BCUT2D eigenvalue weighted by Crippen LogP contribution is -2.43. The van der Waals surface area contributed by atoms with Crippen LogP contribution in [0.1, 0.15) is 15.9 Å². The Morgan fingerprint density at radius 1 is 0.926 bits per heavy atom. The Balaban J connectivity index is 1.98. The molecule has 8 heteroatoms. The van der Waals surface area contributed by atoms with E-state index < -0.39 is 11.8 Å². The van der Waals surface area contributed by atoms with Gasteiger partial charge in [0, 0.05) is 0 Å². The molecule has 2 aromatic carbocycles. The summed E-state index contributed by atoms with van der Waals surface area (Å²) >= 11 is 0. The maximum atomic E-state index is 12.4. The molecule has 0 spiro atoms. The summed E-state index contributed by atoms with van der Waals surface area (Å²) in [5, 5.41) is 0. The fourth-order valence-electron chi connectivity index (χ4n) is 2.36. The predicted octanol–water partition coefficient (Wildman–Crippen LogP) is 1.86. The summed E-state index contributed by atoms with van der Waals surface area (Å²) < 4.78 is 21.0. The first kappa shape index (κ1) is 19.9. The van der Waals surface area contributed by atoms with Crippen LogP contribution in [0.2, 0.25) is 0 Å². The van der Waals surface area contributed by atoms with E-state index in [2.05, 4.69) is 10.9 Å². The van der Waals surface area contributed by atoms with Crippen molar-refractivity contribution in [2.24, 2.45) is 0 Å². The van der Waals surface area contributed by atoms with Gasteiger partial charge in [-0.2, -0.15) is 0 Å². The van der Waals surface area contributed by atoms with Gasteiger partial charge in [-0.25, -0.2) is 0 Å². The Morgan fingerprint density at radius 2 is 1.67 bits per heavy atom. The van der Waals surface area contributed by atoms with Crippen molar-refractivity contribution < 1.29 is 28.5 Å². The Bertz CT molecular complexity index is 822. The molecule has 0 aliphatic rings. The number of carbonyl (C=O) groups excluding carboxylic acids is 2. The topological polar surface area (TPSA) is 95.1 Å². The van der Waals surface area contributed by atoms with E-state index in [1.165, 1.54) is 27.4 Å². The molecule has 0 atom stereocenters. The number of rotatable bonds is 7. The number of hydrazine groups is 1. The predicted molar refractivity (Wildman–Crippen MR) is 98.4 cm³/mol. The maximum Gasteiger partial charge on any atom is 0.276 e. The lowest BCUT2D eigenvalue weighted by Gasteiger charge is -2.15. The van der Waals surface area contributed by atoms with Crippen LogP contribution in [0, 0.1) is 6.92 Å². The van der Waals surface area contributed by atoms with E-state index in [1.54, 1.807) is 18.2 Å². The van der Waals surface area contributed by atoms with Gasteiger partial charge >= 0.3 is 0 Å². The van der Waals surface area contributed by atoms with Gasteiger partial charge in [0.05, 0.1) is 26.9 Å². The molecular formula is C19H22N2O6. The van der Waals surface area contributed by atoms with Gasteiger partial charge in [-0.3, -0.25) is 20.4 Å². The summed E-state index contributed by atoms with van der Waals surface area (Å²) in [7, 11) is 4.32. The lowest BCUT2D eigenvalue weighted by molar-refractivity contribution is -0.123. The average molecular weight is 374 g/mol. The molecule has 0 saturated carbocycles. The van der Waals surface area contributed by atoms with E-state index in [4.69, 9.17) is 18.9 Å². The molecule has 0 radical (unpaired) electrons. The van der Waals surface area contributed by atoms with Gasteiger partial charge in [0.15, 0.2) is 18.1 Å². The third-order valence-electron chi connectivity index (χ3n) is 3.62. The van der Waals surface area contributed by atoms with Crippen molar-refractivity contribution in [1.82, 2.24) is 10.9 Å². The lowest BCUT2D eigenvalue weighted by atomic mass is 10.1. The van der Waals surface area contributed by atoms with Crippen molar-refractivity contribution in [3.63, 3.8) is 0 Å². The fraction of sp³-hybridized carbons (Fsp3) is 0.263. The van der Waals surface area contributed by atoms with Crippen LogP contribution in [0.4, 0.5) is 0 Å². The molecule has 0 fully saturated rings. The number of amides is 2. The number of aryl methyl sites for hydroxylation is 1. The van der Waals surface area contributed by atoms with E-state index in [9.17, 15) is 9.59 Å². The van der Waals surface area contributed by atoms with Gasteiger partial charge in [0.1, 0.15) is 5.75 Å². The molecule has 0 aliphatic heterocycles. The number of carbonyl (C=O) groups is 2. The third-order valence-corrected chi connectivity index (χ3v) is 3.62. The Morgan fingerprint density at radius 3 is 2.30 bits per heavy atom. The van der Waals surface area contributed by atoms with Gasteiger partial charge < -0.3 is 18.9 Å². The Labute approximate surface area is 157 Å². The first-order valence-corrected chi connectivity index (χ1v) is 8.07. The number of methoxy groups -OCH3 is 3. The molecule has 8 nitrogen and oxygen atoms in total. The highest BCUT2D eigenvalue weighted by Gasteiger charge is 2.21. The van der Waals surface area contributed by atoms with Crippen LogP contribution in [-0.4, -0.2) is 39.8 Å². The van der Waals surface area contributed by atoms with E-state index >= 15 is 0 Å². The van der Waals surface area contributed by atoms with E-state index in [0.29, 0.717) is 11.5 Å². The summed E-state index contributed by atoms with van der Waals surface area (Å²) in [5.74, 6) is 0.377. The molecular weight excluding hydrogens is 352 g/mol. The average Bonchev–Trinajstić information content (AvgIpc) is 2.69. The maximum absolute atomic E-state index is 12.4. The summed E-state index contributed by atoms with van der Waals surface area (Å²) in [6.45, 7) is 1.68. The van der Waals surface area contributed by atoms with Gasteiger partial charge in [0.2, 0.25) is 5.75 Å². The van der Waals surface area contributed by atoms with Gasteiger partial charge in [0.25, 0.3) is 11.8 Å². The molecule has 0 saturated heterocycles. The number of nitrogens with one attached hydrogen (secondary N) is 2. The molecule has 0 bridgehead atoms. The van der Waals surface area contributed by atoms with Crippen LogP contribution in [0.15, 0.2) is 36.4 Å². The minimum atomic E-state index is -0.572. The van der Waals surface area contributed by atoms with Crippen molar-refractivity contribution in [1.29, 1.82) is 0 Å². The first-order chi connectivity index (χ1) is 13.0. The number of benzene rings is 2. The van der Waals surface area contributed by atoms with Crippen LogP contribution >= 0.6 is 0 Å². The molecule has 0 aliphatic carbocycles. The zero-order chi connectivity index (χ0) is 19.8. The van der Waals surface area contributed by atoms with Gasteiger partial charge in [-0.15, -0.1) is 0 Å². The van der Waals surface area contributed by atoms with Crippen molar-refractivity contribution in [3.8, 4) is 23.0 Å². The summed E-state index contributed by atoms with van der Waals surface area (Å²) in [6.07, 6.45) is 0. The van der Waals surface area contributed by atoms with E-state index in [1.807, 2.05) is 19.1 Å². The molecule has 0 aromatic heterocycles. The van der Waals surface area contributed by atoms with Crippen molar-refractivity contribution in [3.05, 3.63) is 47.5 Å². The second-order valence-corrected chi connectivity index (χ2v) is 5.49. The first-order valence-electron chi connectivity index (χ1n) is 8.07. The molecule has 2 amide bonds. The monoisotopic (exact) mass is 374 g/mol. The fourth-order valence-corrected chi connectivity index (χ4v) is 2.36. The standard InChI is InChI=1S/C19H22N2O6/c1-12-6-5-7-13(10-12)27-11-16(22)20-21-19(23)14-8-9-15(24-2)18(26-4)17(14)25-3/h5-10H,11H2,1-4H3,(H,20,22)(H,21,23). The molecule has 144 valence electrons. The number of hydrogen-bond donors (Lipinski definition) is 2. The number of hydrogen-bond acceptors (Lipinski definition) is 6. The Hall–Kier alpha value is -3.42. The van der Waals surface area contributed by atoms with Gasteiger partial charge in [-0.05, 0) is 36.8 Å². The molecule has 2 rings (SSSR count). The molecule has 27 heavy (non-hydrogen) atoms. The smallest absolute Gasteiger partial charge is 0.276 e. The van der Waals surface area contributed by atoms with E-state index in [-0.39, 0.29) is 23.7 Å². The van der Waals surface area contributed by atoms with Gasteiger partial charge in [-0.1, -0.05) is 12.1 Å². The molecule has 2 aromatic rings. The zero-order valence-corrected chi connectivity index (χ0v) is 15.6.